The van der Waals surface area contributed by atoms with Gasteiger partial charge in [-0.15, -0.1) is 0 Å². The molecule has 2 unspecified atom stereocenters. The zero-order valence-corrected chi connectivity index (χ0v) is 49.2. The Morgan fingerprint density at radius 3 is 1.16 bits per heavy atom. The number of phosphoric ester groups is 1. The van der Waals surface area contributed by atoms with Crippen molar-refractivity contribution in [3.63, 3.8) is 0 Å². The van der Waals surface area contributed by atoms with Crippen molar-refractivity contribution in [2.75, 3.05) is 47.5 Å². The molecule has 0 aromatic carbocycles. The molecule has 0 fully saturated rings. The van der Waals surface area contributed by atoms with Crippen LogP contribution in [0, 0.1) is 0 Å². The van der Waals surface area contributed by atoms with Crippen molar-refractivity contribution in [1.82, 2.24) is 0 Å². The minimum Gasteiger partial charge on any atom is -0.756 e. The Morgan fingerprint density at radius 2 is 0.781 bits per heavy atom. The monoisotopic (exact) mass is 1050 g/mol. The van der Waals surface area contributed by atoms with E-state index in [1.807, 2.05) is 21.1 Å². The first-order valence-corrected chi connectivity index (χ1v) is 32.0. The van der Waals surface area contributed by atoms with Crippen LogP contribution in [0.2, 0.25) is 0 Å². The van der Waals surface area contributed by atoms with E-state index in [-0.39, 0.29) is 32.0 Å². The van der Waals surface area contributed by atoms with Gasteiger partial charge in [-0.3, -0.25) is 14.2 Å². The van der Waals surface area contributed by atoms with E-state index in [1.165, 1.54) is 180 Å². The maximum absolute atomic E-state index is 12.8. The molecule has 2 atom stereocenters. The molecule has 0 saturated carbocycles. The van der Waals surface area contributed by atoms with Gasteiger partial charge in [0.05, 0.1) is 27.7 Å². The van der Waals surface area contributed by atoms with Crippen molar-refractivity contribution in [3.8, 4) is 0 Å². The lowest BCUT2D eigenvalue weighted by Crippen LogP contribution is -2.37. The summed E-state index contributed by atoms with van der Waals surface area (Å²) in [6.45, 7) is 4.13. The highest BCUT2D eigenvalue weighted by molar-refractivity contribution is 7.45. The van der Waals surface area contributed by atoms with Crippen molar-refractivity contribution in [2.45, 2.75) is 283 Å². The number of hydrogen-bond donors (Lipinski definition) is 0. The predicted octanol–water partition coefficient (Wildman–Crippen LogP) is 18.5. The number of unbranched alkanes of at least 4 members (excludes halogenated alkanes) is 32. The molecule has 0 aliphatic rings. The lowest BCUT2D eigenvalue weighted by molar-refractivity contribution is -0.870. The SMILES string of the molecule is CC/C=C\C/C=C\C/C=C\C/C=C\C/C=C\CCCCCCCCCCCCCCCCCCCCCCCCCC(=O)OC(COC(=O)CCCCCCCCCCCC)COP(=O)([O-])OCC[N+](C)(C)C. The number of quaternary nitrogens is 1. The molecule has 0 N–H and O–H groups in total. The molecular weight excluding hydrogens is 930 g/mol. The van der Waals surface area contributed by atoms with E-state index in [4.69, 9.17) is 18.5 Å². The smallest absolute Gasteiger partial charge is 0.306 e. The molecule has 0 aliphatic heterocycles. The Kier molecular flexibility index (Phi) is 52.8. The third-order valence-electron chi connectivity index (χ3n) is 13.3. The second kappa shape index (κ2) is 54.5. The highest BCUT2D eigenvalue weighted by Gasteiger charge is 2.22. The number of hydrogen-bond acceptors (Lipinski definition) is 8. The molecule has 0 bridgehead atoms. The predicted molar refractivity (Wildman–Crippen MR) is 310 cm³/mol. The highest BCUT2D eigenvalue weighted by atomic mass is 31.2. The largest absolute Gasteiger partial charge is 0.756 e. The van der Waals surface area contributed by atoms with Gasteiger partial charge in [0.25, 0.3) is 7.82 Å². The number of likely N-dealkylation sites (N-methyl/N-ethyl adjacent to an activating group) is 1. The molecular formula is C63H116NO8P. The molecule has 9 nitrogen and oxygen atoms in total. The second-order valence-electron chi connectivity index (χ2n) is 21.7. The summed E-state index contributed by atoms with van der Waals surface area (Å²) in [7, 11) is 1.18. The fourth-order valence-electron chi connectivity index (χ4n) is 8.63. The Balaban J connectivity index is 3.85. The number of nitrogens with zero attached hydrogens (tertiary/aromatic N) is 1. The summed E-state index contributed by atoms with van der Waals surface area (Å²) >= 11 is 0. The topological polar surface area (TPSA) is 111 Å². The third kappa shape index (κ3) is 58.8. The van der Waals surface area contributed by atoms with Crippen molar-refractivity contribution in [1.29, 1.82) is 0 Å². The molecule has 0 saturated heterocycles. The van der Waals surface area contributed by atoms with Crippen molar-refractivity contribution < 1.29 is 42.1 Å². The van der Waals surface area contributed by atoms with E-state index in [9.17, 15) is 19.0 Å². The average molecular weight is 1050 g/mol. The molecule has 0 aromatic heterocycles. The van der Waals surface area contributed by atoms with Crippen molar-refractivity contribution >= 4 is 19.8 Å². The Bertz CT molecular complexity index is 1420. The quantitative estimate of drug-likeness (QED) is 0.0195. The van der Waals surface area contributed by atoms with Crippen LogP contribution in [0.5, 0.6) is 0 Å². The van der Waals surface area contributed by atoms with Crippen LogP contribution in [0.3, 0.4) is 0 Å². The summed E-state index contributed by atoms with van der Waals surface area (Å²) in [6, 6.07) is 0. The first kappa shape index (κ1) is 70.7. The second-order valence-corrected chi connectivity index (χ2v) is 23.1. The van der Waals surface area contributed by atoms with Crippen molar-refractivity contribution in [3.05, 3.63) is 60.8 Å². The summed E-state index contributed by atoms with van der Waals surface area (Å²) in [6.07, 6.45) is 70.3. The van der Waals surface area contributed by atoms with Gasteiger partial charge in [0.15, 0.2) is 6.10 Å². The van der Waals surface area contributed by atoms with Crippen LogP contribution < -0.4 is 4.89 Å². The van der Waals surface area contributed by atoms with E-state index in [1.54, 1.807) is 0 Å². The van der Waals surface area contributed by atoms with Gasteiger partial charge in [-0.2, -0.15) is 0 Å². The molecule has 426 valence electrons. The minimum atomic E-state index is -4.63. The van der Waals surface area contributed by atoms with Gasteiger partial charge in [-0.05, 0) is 57.8 Å². The Labute approximate surface area is 451 Å². The highest BCUT2D eigenvalue weighted by Crippen LogP contribution is 2.38. The van der Waals surface area contributed by atoms with Gasteiger partial charge in [-0.1, -0.05) is 267 Å². The minimum absolute atomic E-state index is 0.0286. The van der Waals surface area contributed by atoms with Gasteiger partial charge in [0.2, 0.25) is 0 Å². The first-order valence-electron chi connectivity index (χ1n) is 30.5. The van der Waals surface area contributed by atoms with E-state index < -0.39 is 26.5 Å². The standard InChI is InChI=1S/C63H116NO8P/c1-6-8-10-12-14-16-18-19-20-21-22-23-24-25-26-27-28-29-30-31-32-33-34-35-36-37-38-39-40-41-42-43-44-45-46-48-50-52-54-56-63(66)72-61(60-71-73(67,68)70-58-57-64(3,4)5)59-69-62(65)55-53-51-49-47-17-15-13-11-9-7-2/h8,10,14,16,19-20,22-23,25-26,61H,6-7,9,11-13,15,17-18,21,24,27-60H2,1-5H3/b10-8-,16-14-,20-19-,23-22-,26-25-. The lowest BCUT2D eigenvalue weighted by atomic mass is 10.0. The van der Waals surface area contributed by atoms with Crippen LogP contribution in [0.4, 0.5) is 0 Å². The summed E-state index contributed by atoms with van der Waals surface area (Å²) in [5.74, 6) is -0.823. The maximum Gasteiger partial charge on any atom is 0.306 e. The van der Waals surface area contributed by atoms with Gasteiger partial charge >= 0.3 is 11.9 Å². The molecule has 73 heavy (non-hydrogen) atoms. The molecule has 0 aromatic rings. The van der Waals surface area contributed by atoms with Crippen LogP contribution in [0.1, 0.15) is 277 Å². The molecule has 0 aliphatic carbocycles. The molecule has 0 spiro atoms. The van der Waals surface area contributed by atoms with E-state index >= 15 is 0 Å². The van der Waals surface area contributed by atoms with Crippen LogP contribution >= 0.6 is 7.82 Å². The van der Waals surface area contributed by atoms with E-state index in [0.29, 0.717) is 17.4 Å². The van der Waals surface area contributed by atoms with Crippen LogP contribution in [0.15, 0.2) is 60.8 Å². The number of ether oxygens (including phenoxy) is 2. The molecule has 0 radical (unpaired) electrons. The summed E-state index contributed by atoms with van der Waals surface area (Å²) in [4.78, 5) is 37.7. The molecule has 0 amide bonds. The lowest BCUT2D eigenvalue weighted by Gasteiger charge is -2.28. The average Bonchev–Trinajstić information content (AvgIpc) is 3.35. The fourth-order valence-corrected chi connectivity index (χ4v) is 9.36. The Hall–Kier alpha value is -2.29. The van der Waals surface area contributed by atoms with Crippen LogP contribution in [-0.2, 0) is 32.7 Å². The molecule has 0 rings (SSSR count). The van der Waals surface area contributed by atoms with Gasteiger partial charge in [0.1, 0.15) is 19.8 Å². The van der Waals surface area contributed by atoms with E-state index in [2.05, 4.69) is 74.6 Å². The van der Waals surface area contributed by atoms with Crippen LogP contribution in [0.25, 0.3) is 0 Å². The van der Waals surface area contributed by atoms with E-state index in [0.717, 1.165) is 64.2 Å². The number of rotatable bonds is 56. The van der Waals surface area contributed by atoms with Crippen molar-refractivity contribution in [2.24, 2.45) is 0 Å². The normalized spacial score (nSPS) is 13.7. The first-order chi connectivity index (χ1) is 35.5. The fraction of sp³-hybridized carbons (Fsp3) is 0.810. The maximum atomic E-state index is 12.8. The summed E-state index contributed by atoms with van der Waals surface area (Å²) < 4.78 is 34.1. The third-order valence-corrected chi connectivity index (χ3v) is 14.3. The number of carbonyl (C=O) groups excluding carboxylic acids is 2. The van der Waals surface area contributed by atoms with Crippen LogP contribution in [-0.4, -0.2) is 70.0 Å². The summed E-state index contributed by atoms with van der Waals surface area (Å²) in [5.41, 5.74) is 0. The van der Waals surface area contributed by atoms with Gasteiger partial charge in [-0.25, -0.2) is 0 Å². The molecule has 10 heteroatoms. The van der Waals surface area contributed by atoms with Gasteiger partial charge < -0.3 is 27.9 Å². The number of carbonyl (C=O) groups is 2. The summed E-state index contributed by atoms with van der Waals surface area (Å²) in [5, 5.41) is 0. The Morgan fingerprint density at radius 1 is 0.438 bits per heavy atom. The zero-order valence-electron chi connectivity index (χ0n) is 48.3. The van der Waals surface area contributed by atoms with Gasteiger partial charge in [0, 0.05) is 12.8 Å². The number of esters is 2. The number of allylic oxidation sites excluding steroid dienone is 10. The zero-order chi connectivity index (χ0) is 53.5. The molecule has 0 heterocycles. The number of phosphoric acid groups is 1.